The molecular formula is C34H35NO3. The third-order valence-electron chi connectivity index (χ3n) is 7.12. The zero-order valence-electron chi connectivity index (χ0n) is 22.2. The molecule has 4 rings (SSSR count). The van der Waals surface area contributed by atoms with Crippen LogP contribution in [-0.2, 0) is 26.8 Å². The third kappa shape index (κ3) is 6.03. The Morgan fingerprint density at radius 1 is 0.658 bits per heavy atom. The second kappa shape index (κ2) is 11.5. The number of hydrogen-bond donors (Lipinski definition) is 2. The molecule has 0 radical (unpaired) electrons. The van der Waals surface area contributed by atoms with Crippen LogP contribution < -0.4 is 5.32 Å². The van der Waals surface area contributed by atoms with Crippen LogP contribution in [0.1, 0.15) is 55.0 Å². The van der Waals surface area contributed by atoms with Crippen molar-refractivity contribution in [3.8, 4) is 0 Å². The fourth-order valence-corrected chi connectivity index (χ4v) is 5.04. The molecule has 4 heteroatoms. The maximum absolute atomic E-state index is 13.7. The van der Waals surface area contributed by atoms with E-state index in [1.165, 1.54) is 5.56 Å². The van der Waals surface area contributed by atoms with E-state index in [1.807, 2.05) is 115 Å². The van der Waals surface area contributed by atoms with E-state index in [0.717, 1.165) is 22.3 Å². The molecule has 4 nitrogen and oxygen atoms in total. The first-order valence-electron chi connectivity index (χ1n) is 13.0. The second-order valence-electron chi connectivity index (χ2n) is 10.8. The molecule has 0 aliphatic carbocycles. The topological polar surface area (TPSA) is 66.4 Å². The van der Waals surface area contributed by atoms with Gasteiger partial charge in [-0.25, -0.2) is 4.79 Å². The lowest BCUT2D eigenvalue weighted by Gasteiger charge is -2.36. The highest BCUT2D eigenvalue weighted by molar-refractivity contribution is 5.85. The first-order valence-corrected chi connectivity index (χ1v) is 13.0. The summed E-state index contributed by atoms with van der Waals surface area (Å²) >= 11 is 0. The molecule has 0 saturated carbocycles. The lowest BCUT2D eigenvalue weighted by molar-refractivity contribution is -0.141. The van der Waals surface area contributed by atoms with Crippen LogP contribution in [0.25, 0.3) is 0 Å². The van der Waals surface area contributed by atoms with E-state index < -0.39 is 17.4 Å². The quantitative estimate of drug-likeness (QED) is 0.255. The van der Waals surface area contributed by atoms with Crippen LogP contribution >= 0.6 is 0 Å². The molecule has 0 heterocycles. The highest BCUT2D eigenvalue weighted by atomic mass is 16.4. The normalized spacial score (nSPS) is 12.5. The van der Waals surface area contributed by atoms with Crippen LogP contribution in [0, 0.1) is 0 Å². The molecular weight excluding hydrogens is 470 g/mol. The van der Waals surface area contributed by atoms with Gasteiger partial charge in [-0.2, -0.15) is 0 Å². The van der Waals surface area contributed by atoms with E-state index in [-0.39, 0.29) is 24.2 Å². The number of carboxylic acids is 1. The SMILES string of the molecule is CC(C)(C)c1ccc(C[C@@H](NC(=O)CC(c2ccccc2)(c2ccccc2)c2ccccc2)C(=O)O)cc1. The molecule has 194 valence electrons. The first-order chi connectivity index (χ1) is 18.2. The molecule has 0 aliphatic rings. The van der Waals surface area contributed by atoms with E-state index >= 15 is 0 Å². The van der Waals surface area contributed by atoms with Crippen LogP contribution in [-0.4, -0.2) is 23.0 Å². The second-order valence-corrected chi connectivity index (χ2v) is 10.8. The Morgan fingerprint density at radius 2 is 1.08 bits per heavy atom. The van der Waals surface area contributed by atoms with Gasteiger partial charge in [0.25, 0.3) is 0 Å². The first kappa shape index (κ1) is 26.9. The van der Waals surface area contributed by atoms with Crippen molar-refractivity contribution in [2.45, 2.75) is 50.5 Å². The Balaban J connectivity index is 1.67. The summed E-state index contributed by atoms with van der Waals surface area (Å²) in [4.78, 5) is 25.9. The molecule has 38 heavy (non-hydrogen) atoms. The maximum Gasteiger partial charge on any atom is 0.326 e. The number of benzene rings is 4. The van der Waals surface area contributed by atoms with Gasteiger partial charge in [0, 0.05) is 12.8 Å². The van der Waals surface area contributed by atoms with Gasteiger partial charge < -0.3 is 10.4 Å². The average Bonchev–Trinajstić information content (AvgIpc) is 2.92. The van der Waals surface area contributed by atoms with Gasteiger partial charge in [0.2, 0.25) is 5.91 Å². The number of carbonyl (C=O) groups is 2. The van der Waals surface area contributed by atoms with Crippen LogP contribution in [0.2, 0.25) is 0 Å². The molecule has 1 atom stereocenters. The Bertz CT molecular complexity index is 1250. The van der Waals surface area contributed by atoms with Crippen molar-refractivity contribution in [2.75, 3.05) is 0 Å². The molecule has 0 unspecified atom stereocenters. The van der Waals surface area contributed by atoms with Gasteiger partial charge in [0.05, 0.1) is 5.41 Å². The van der Waals surface area contributed by atoms with Gasteiger partial charge in [-0.1, -0.05) is 136 Å². The van der Waals surface area contributed by atoms with Gasteiger partial charge in [0.1, 0.15) is 6.04 Å². The summed E-state index contributed by atoms with van der Waals surface area (Å²) in [5, 5.41) is 12.8. The molecule has 4 aromatic rings. The molecule has 0 aromatic heterocycles. The summed E-state index contributed by atoms with van der Waals surface area (Å²) in [6.07, 6.45) is 0.276. The van der Waals surface area contributed by atoms with Crippen molar-refractivity contribution in [3.05, 3.63) is 143 Å². The van der Waals surface area contributed by atoms with Crippen molar-refractivity contribution >= 4 is 11.9 Å². The molecule has 4 aromatic carbocycles. The fourth-order valence-electron chi connectivity index (χ4n) is 5.04. The number of hydrogen-bond acceptors (Lipinski definition) is 2. The average molecular weight is 506 g/mol. The number of carboxylic acid groups (broad SMARTS) is 1. The van der Waals surface area contributed by atoms with Gasteiger partial charge in [0.15, 0.2) is 0 Å². The Labute approximate surface area is 225 Å². The van der Waals surface area contributed by atoms with Crippen molar-refractivity contribution in [2.24, 2.45) is 0 Å². The molecule has 0 spiro atoms. The summed E-state index contributed by atoms with van der Waals surface area (Å²) in [5.74, 6) is -1.37. The predicted octanol–water partition coefficient (Wildman–Crippen LogP) is 6.52. The summed E-state index contributed by atoms with van der Waals surface area (Å²) in [7, 11) is 0. The number of nitrogens with one attached hydrogen (secondary N) is 1. The van der Waals surface area contributed by atoms with E-state index in [2.05, 4.69) is 26.1 Å². The molecule has 0 aliphatic heterocycles. The highest BCUT2D eigenvalue weighted by Crippen LogP contribution is 2.42. The third-order valence-corrected chi connectivity index (χ3v) is 7.12. The smallest absolute Gasteiger partial charge is 0.326 e. The predicted molar refractivity (Wildman–Crippen MR) is 152 cm³/mol. The summed E-state index contributed by atoms with van der Waals surface area (Å²) in [6.45, 7) is 6.42. The van der Waals surface area contributed by atoms with Crippen molar-refractivity contribution < 1.29 is 14.7 Å². The largest absolute Gasteiger partial charge is 0.480 e. The highest BCUT2D eigenvalue weighted by Gasteiger charge is 2.39. The number of amides is 1. The van der Waals surface area contributed by atoms with Gasteiger partial charge in [-0.15, -0.1) is 0 Å². The molecule has 1 amide bonds. The number of aliphatic carboxylic acids is 1. The van der Waals surface area contributed by atoms with Crippen molar-refractivity contribution in [3.63, 3.8) is 0 Å². The lowest BCUT2D eigenvalue weighted by Crippen LogP contribution is -2.45. The molecule has 0 fully saturated rings. The molecule has 0 bridgehead atoms. The van der Waals surface area contributed by atoms with Gasteiger partial charge in [-0.05, 0) is 33.2 Å². The van der Waals surface area contributed by atoms with E-state index in [9.17, 15) is 14.7 Å². The van der Waals surface area contributed by atoms with Crippen LogP contribution in [0.4, 0.5) is 0 Å². The van der Waals surface area contributed by atoms with Crippen LogP contribution in [0.5, 0.6) is 0 Å². The zero-order valence-corrected chi connectivity index (χ0v) is 22.2. The van der Waals surface area contributed by atoms with E-state index in [4.69, 9.17) is 0 Å². The van der Waals surface area contributed by atoms with Crippen LogP contribution in [0.15, 0.2) is 115 Å². The summed E-state index contributed by atoms with van der Waals surface area (Å²) in [6, 6.07) is 36.7. The maximum atomic E-state index is 13.7. The lowest BCUT2D eigenvalue weighted by atomic mass is 9.67. The van der Waals surface area contributed by atoms with Crippen molar-refractivity contribution in [1.29, 1.82) is 0 Å². The summed E-state index contributed by atoms with van der Waals surface area (Å²) in [5.41, 5.74) is 4.17. The standard InChI is InChI=1S/C34H35NO3/c1-33(2,3)26-21-19-25(20-22-26)23-30(32(37)38)35-31(36)24-34(27-13-7-4-8-14-27,28-15-9-5-10-16-28)29-17-11-6-12-18-29/h4-22,30H,23-24H2,1-3H3,(H,35,36)(H,37,38)/t30-/m1/s1. The minimum absolute atomic E-state index is 0.00852. The number of rotatable bonds is 9. The van der Waals surface area contributed by atoms with Gasteiger partial charge in [-0.3, -0.25) is 4.79 Å². The minimum atomic E-state index is -1.05. The number of carbonyl (C=O) groups excluding carboxylic acids is 1. The Kier molecular flexibility index (Phi) is 8.11. The monoisotopic (exact) mass is 505 g/mol. The summed E-state index contributed by atoms with van der Waals surface area (Å²) < 4.78 is 0. The van der Waals surface area contributed by atoms with E-state index in [0.29, 0.717) is 0 Å². The fraction of sp³-hybridized carbons (Fsp3) is 0.235. The molecule has 2 N–H and O–H groups in total. The Morgan fingerprint density at radius 3 is 1.45 bits per heavy atom. The van der Waals surface area contributed by atoms with Crippen molar-refractivity contribution in [1.82, 2.24) is 5.32 Å². The molecule has 0 saturated heterocycles. The van der Waals surface area contributed by atoms with Crippen LogP contribution in [0.3, 0.4) is 0 Å². The zero-order chi connectivity index (χ0) is 27.2. The van der Waals surface area contributed by atoms with E-state index in [1.54, 1.807) is 0 Å². The Hall–Kier alpha value is -4.18. The minimum Gasteiger partial charge on any atom is -0.480 e. The van der Waals surface area contributed by atoms with Gasteiger partial charge >= 0.3 is 5.97 Å².